The summed E-state index contributed by atoms with van der Waals surface area (Å²) >= 11 is 0. The molecule has 0 saturated heterocycles. The fraction of sp³-hybridized carbons (Fsp3) is 0.667. The van der Waals surface area contributed by atoms with E-state index in [9.17, 15) is 8.78 Å². The fourth-order valence-electron chi connectivity index (χ4n) is 0.282. The van der Waals surface area contributed by atoms with Crippen molar-refractivity contribution >= 4 is 0 Å². The molecule has 0 aliphatic rings. The maximum Gasteiger partial charge on any atom is 1.00 e. The van der Waals surface area contributed by atoms with Crippen molar-refractivity contribution in [1.82, 2.24) is 0 Å². The summed E-state index contributed by atoms with van der Waals surface area (Å²) in [5, 5.41) is 0. The minimum Gasteiger partial charge on any atom is -0.669 e. The van der Waals surface area contributed by atoms with Crippen molar-refractivity contribution in [2.75, 3.05) is 13.9 Å². The van der Waals surface area contributed by atoms with E-state index in [1.807, 2.05) is 0 Å². The van der Waals surface area contributed by atoms with Gasteiger partial charge in [-0.25, -0.2) is 15.0 Å². The van der Waals surface area contributed by atoms with Crippen molar-refractivity contribution in [3.63, 3.8) is 0 Å². The van der Waals surface area contributed by atoms with Gasteiger partial charge in [-0.2, -0.15) is 0 Å². The Morgan fingerprint density at radius 3 is 2.50 bits per heavy atom. The first-order valence-electron chi connectivity index (χ1n) is 2.87. The van der Waals surface area contributed by atoms with Crippen LogP contribution in [-0.4, -0.2) is 20.2 Å². The summed E-state index contributed by atoms with van der Waals surface area (Å²) in [6, 6.07) is 0. The molecule has 0 radical (unpaired) electrons. The van der Waals surface area contributed by atoms with Gasteiger partial charge >= 0.3 is 18.9 Å². The van der Waals surface area contributed by atoms with Crippen LogP contribution in [0.3, 0.4) is 0 Å². The van der Waals surface area contributed by atoms with Crippen LogP contribution in [0.4, 0.5) is 8.78 Å². The second kappa shape index (κ2) is 9.01. The van der Waals surface area contributed by atoms with Gasteiger partial charge in [0, 0.05) is 7.11 Å². The molecule has 0 amide bonds. The van der Waals surface area contributed by atoms with Gasteiger partial charge in [0.2, 0.25) is 0 Å². The van der Waals surface area contributed by atoms with Gasteiger partial charge in [-0.05, 0) is 6.92 Å². The number of rotatable bonds is 5. The molecular weight excluding hydrogens is 165 g/mol. The summed E-state index contributed by atoms with van der Waals surface area (Å²) in [6.45, 7) is 1.31. The molecule has 0 aromatic rings. The van der Waals surface area contributed by atoms with Crippen molar-refractivity contribution < 1.29 is 41.9 Å². The van der Waals surface area contributed by atoms with Crippen LogP contribution in [0.15, 0.2) is 6.08 Å². The van der Waals surface area contributed by atoms with Crippen LogP contribution in [0.5, 0.6) is 0 Å². The Labute approximate surface area is 81.8 Å². The summed E-state index contributed by atoms with van der Waals surface area (Å²) in [5.41, 5.74) is 0. The van der Waals surface area contributed by atoms with Gasteiger partial charge in [0.1, 0.15) is 6.08 Å². The van der Waals surface area contributed by atoms with Crippen molar-refractivity contribution in [2.24, 2.45) is 0 Å². The normalized spacial score (nSPS) is 11.3. The number of methoxy groups -OCH3 is 1. The predicted molar refractivity (Wildman–Crippen MR) is 32.5 cm³/mol. The Balaban J connectivity index is 0. The third-order valence-corrected chi connectivity index (χ3v) is 0.843. The molecule has 0 rings (SSSR count). The van der Waals surface area contributed by atoms with Crippen molar-refractivity contribution in [2.45, 2.75) is 13.2 Å². The zero-order valence-electron chi connectivity index (χ0n) is 7.27. The molecule has 3 nitrogen and oxygen atoms in total. The number of ether oxygens (including phenoxy) is 3. The molecule has 12 heavy (non-hydrogen) atoms. The van der Waals surface area contributed by atoms with E-state index in [0.717, 1.165) is 0 Å². The second-order valence-corrected chi connectivity index (χ2v) is 1.59. The first-order valence-corrected chi connectivity index (χ1v) is 2.87. The summed E-state index contributed by atoms with van der Waals surface area (Å²) in [5.74, 6) is 0. The second-order valence-electron chi connectivity index (χ2n) is 1.59. The van der Waals surface area contributed by atoms with Gasteiger partial charge < -0.3 is 14.2 Å². The number of hydrogen-bond donors (Lipinski definition) is 0. The predicted octanol–water partition coefficient (Wildman–Crippen LogP) is -1.49. The molecule has 0 heterocycles. The minimum atomic E-state index is -2.02. The van der Waals surface area contributed by atoms with Gasteiger partial charge in [0.15, 0.2) is 13.1 Å². The Morgan fingerprint density at radius 1 is 1.50 bits per heavy atom. The van der Waals surface area contributed by atoms with Crippen LogP contribution in [0, 0.1) is 6.26 Å². The van der Waals surface area contributed by atoms with E-state index >= 15 is 0 Å². The third-order valence-electron chi connectivity index (χ3n) is 0.843. The molecule has 0 aliphatic heterocycles. The van der Waals surface area contributed by atoms with Crippen molar-refractivity contribution in [3.05, 3.63) is 12.3 Å². The quantitative estimate of drug-likeness (QED) is 0.167. The van der Waals surface area contributed by atoms with E-state index in [-0.39, 0.29) is 25.7 Å². The first kappa shape index (κ1) is 14.4. The van der Waals surface area contributed by atoms with E-state index in [2.05, 4.69) is 14.2 Å². The van der Waals surface area contributed by atoms with Crippen LogP contribution < -0.4 is 18.9 Å². The van der Waals surface area contributed by atoms with Crippen LogP contribution in [0.1, 0.15) is 6.92 Å². The molecule has 0 aromatic heterocycles. The molecule has 6 heteroatoms. The van der Waals surface area contributed by atoms with Gasteiger partial charge in [-0.1, -0.05) is 0 Å². The van der Waals surface area contributed by atoms with Crippen LogP contribution in [0.2, 0.25) is 0 Å². The van der Waals surface area contributed by atoms with Gasteiger partial charge in [-0.15, -0.1) is 0 Å². The molecule has 1 atom stereocenters. The van der Waals surface area contributed by atoms with E-state index in [1.165, 1.54) is 13.4 Å². The molecular formula is C6H9F2LiO3. The van der Waals surface area contributed by atoms with E-state index in [0.29, 0.717) is 0 Å². The number of halogens is 2. The van der Waals surface area contributed by atoms with Crippen LogP contribution in [0.25, 0.3) is 0 Å². The summed E-state index contributed by atoms with van der Waals surface area (Å²) in [6.07, 6.45) is -1.16. The molecule has 0 aliphatic carbocycles. The monoisotopic (exact) mass is 174 g/mol. The summed E-state index contributed by atoms with van der Waals surface area (Å²) < 4.78 is 35.9. The fourth-order valence-corrected chi connectivity index (χ4v) is 0.282. The zero-order valence-corrected chi connectivity index (χ0v) is 7.27. The molecule has 0 fully saturated rings. The molecule has 0 spiro atoms. The average Bonchev–Trinajstić information content (AvgIpc) is 1.97. The van der Waals surface area contributed by atoms with Gasteiger partial charge in [-0.3, -0.25) is 0 Å². The molecule has 0 N–H and O–H groups in total. The smallest absolute Gasteiger partial charge is 0.669 e. The van der Waals surface area contributed by atoms with Crippen LogP contribution >= 0.6 is 0 Å². The Kier molecular flexibility index (Phi) is 10.8. The standard InChI is InChI=1S/C6H9F2O3.Li/c1-5(9-2)11-4-10-3-6(7)8;/h5H,4H2,1-2H3;/q-1;+1. The van der Waals surface area contributed by atoms with Gasteiger partial charge in [0.05, 0.1) is 0 Å². The minimum absolute atomic E-state index is 0. The Hall–Kier alpha value is -0.0826. The zero-order chi connectivity index (χ0) is 8.69. The number of hydrogen-bond acceptors (Lipinski definition) is 3. The van der Waals surface area contributed by atoms with Crippen molar-refractivity contribution in [3.8, 4) is 0 Å². The summed E-state index contributed by atoms with van der Waals surface area (Å²) in [7, 11) is 1.43. The molecule has 0 bridgehead atoms. The molecule has 0 saturated carbocycles. The maximum absolute atomic E-state index is 11.2. The van der Waals surface area contributed by atoms with E-state index < -0.39 is 12.4 Å². The SMILES string of the molecule is COC(C)OCO[C-]=C(F)F.[Li+]. The Bertz CT molecular complexity index is 128. The van der Waals surface area contributed by atoms with Crippen LogP contribution in [-0.2, 0) is 14.2 Å². The van der Waals surface area contributed by atoms with E-state index in [1.54, 1.807) is 6.92 Å². The van der Waals surface area contributed by atoms with Crippen molar-refractivity contribution in [1.29, 1.82) is 0 Å². The third kappa shape index (κ3) is 9.92. The maximum atomic E-state index is 11.2. The first-order chi connectivity index (χ1) is 5.16. The largest absolute Gasteiger partial charge is 1.00 e. The average molecular weight is 174 g/mol. The molecule has 0 aromatic carbocycles. The van der Waals surface area contributed by atoms with E-state index in [4.69, 9.17) is 0 Å². The topological polar surface area (TPSA) is 27.7 Å². The van der Waals surface area contributed by atoms with Gasteiger partial charge in [0.25, 0.3) is 0 Å². The Morgan fingerprint density at radius 2 is 2.08 bits per heavy atom. The summed E-state index contributed by atoms with van der Waals surface area (Å²) in [4.78, 5) is 0. The molecule has 1 unspecified atom stereocenters. The molecule has 66 valence electrons.